The standard InChI is InChI=1S/C13H19N3O5/c1-4-16(2,3)7-5-6-11(18)21-12(19)9-8-10(17)15-13(20)14-9/h8H,4-7H2,1-3H3,(H-,14,15,17,20)/p+1. The lowest BCUT2D eigenvalue weighted by Crippen LogP contribution is -2.40. The molecule has 0 amide bonds. The summed E-state index contributed by atoms with van der Waals surface area (Å²) in [4.78, 5) is 49.2. The van der Waals surface area contributed by atoms with E-state index in [2.05, 4.69) is 9.72 Å². The summed E-state index contributed by atoms with van der Waals surface area (Å²) in [6.45, 7) is 3.76. The molecule has 0 bridgehead atoms. The number of carbonyl (C=O) groups excluding carboxylic acids is 2. The van der Waals surface area contributed by atoms with E-state index in [1.54, 1.807) is 0 Å². The minimum absolute atomic E-state index is 0.0981. The van der Waals surface area contributed by atoms with Crippen molar-refractivity contribution in [3.63, 3.8) is 0 Å². The summed E-state index contributed by atoms with van der Waals surface area (Å²) in [5.74, 6) is -1.72. The average Bonchev–Trinajstić information content (AvgIpc) is 2.37. The molecule has 0 aliphatic carbocycles. The summed E-state index contributed by atoms with van der Waals surface area (Å²) < 4.78 is 5.35. The molecule has 0 fully saturated rings. The number of nitrogens with zero attached hydrogens (tertiary/aromatic N) is 1. The van der Waals surface area contributed by atoms with E-state index in [0.29, 0.717) is 6.42 Å². The van der Waals surface area contributed by atoms with E-state index in [1.807, 2.05) is 26.0 Å². The molecule has 0 aliphatic rings. The molecule has 0 aromatic carbocycles. The Hall–Kier alpha value is -2.22. The third-order valence-corrected chi connectivity index (χ3v) is 3.19. The van der Waals surface area contributed by atoms with Gasteiger partial charge in [-0.15, -0.1) is 0 Å². The lowest BCUT2D eigenvalue weighted by molar-refractivity contribution is -0.888. The van der Waals surface area contributed by atoms with Gasteiger partial charge in [-0.1, -0.05) is 0 Å². The number of hydrogen-bond donors (Lipinski definition) is 2. The van der Waals surface area contributed by atoms with E-state index >= 15 is 0 Å². The number of quaternary nitrogens is 1. The highest BCUT2D eigenvalue weighted by Gasteiger charge is 2.17. The summed E-state index contributed by atoms with van der Waals surface area (Å²) in [6, 6.07) is 0.869. The molecular weight excluding hydrogens is 278 g/mol. The molecule has 1 heterocycles. The lowest BCUT2D eigenvalue weighted by atomic mass is 10.2. The SMILES string of the molecule is CC[N+](C)(C)CCCC(=O)OC(=O)c1cc(=O)[nH]c(=O)[nH]1. The summed E-state index contributed by atoms with van der Waals surface area (Å²) >= 11 is 0. The average molecular weight is 298 g/mol. The Kier molecular flexibility index (Phi) is 5.60. The van der Waals surface area contributed by atoms with E-state index in [9.17, 15) is 19.2 Å². The van der Waals surface area contributed by atoms with Crippen LogP contribution in [0.4, 0.5) is 0 Å². The molecule has 8 heteroatoms. The maximum Gasteiger partial charge on any atom is 0.362 e. The first-order chi connectivity index (χ1) is 9.73. The third kappa shape index (κ3) is 5.74. The van der Waals surface area contributed by atoms with Crippen molar-refractivity contribution in [3.8, 4) is 0 Å². The van der Waals surface area contributed by atoms with Gasteiger partial charge in [0.1, 0.15) is 5.69 Å². The summed E-state index contributed by atoms with van der Waals surface area (Å²) in [7, 11) is 4.08. The van der Waals surface area contributed by atoms with Gasteiger partial charge in [0.05, 0.1) is 33.6 Å². The van der Waals surface area contributed by atoms with Gasteiger partial charge < -0.3 is 14.2 Å². The molecule has 1 aromatic rings. The number of ether oxygens (including phenoxy) is 1. The van der Waals surface area contributed by atoms with Crippen molar-refractivity contribution in [2.45, 2.75) is 19.8 Å². The highest BCUT2D eigenvalue weighted by Crippen LogP contribution is 2.03. The zero-order chi connectivity index (χ0) is 16.0. The predicted octanol–water partition coefficient (Wildman–Crippen LogP) is -0.377. The fourth-order valence-corrected chi connectivity index (χ4v) is 1.60. The second-order valence-electron chi connectivity index (χ2n) is 5.34. The molecule has 0 unspecified atom stereocenters. The zero-order valence-electron chi connectivity index (χ0n) is 12.4. The second kappa shape index (κ2) is 6.98. The molecular formula is C13H20N3O5+. The number of H-pyrrole nitrogens is 2. The Morgan fingerprint density at radius 1 is 1.24 bits per heavy atom. The molecule has 1 rings (SSSR count). The Morgan fingerprint density at radius 2 is 1.90 bits per heavy atom. The van der Waals surface area contributed by atoms with Crippen molar-refractivity contribution in [2.24, 2.45) is 0 Å². The van der Waals surface area contributed by atoms with Gasteiger partial charge >= 0.3 is 17.6 Å². The Bertz CT molecular complexity index is 601. The molecule has 116 valence electrons. The number of aromatic nitrogens is 2. The monoisotopic (exact) mass is 298 g/mol. The maximum atomic E-state index is 11.6. The normalized spacial score (nSPS) is 11.2. The topological polar surface area (TPSA) is 109 Å². The van der Waals surface area contributed by atoms with Crippen LogP contribution in [0.1, 0.15) is 30.3 Å². The van der Waals surface area contributed by atoms with Crippen LogP contribution in [0.15, 0.2) is 15.7 Å². The van der Waals surface area contributed by atoms with Crippen LogP contribution in [-0.4, -0.2) is 53.6 Å². The van der Waals surface area contributed by atoms with E-state index in [1.165, 1.54) is 0 Å². The number of esters is 2. The minimum atomic E-state index is -1.03. The minimum Gasteiger partial charge on any atom is -0.388 e. The molecule has 2 N–H and O–H groups in total. The molecule has 0 spiro atoms. The van der Waals surface area contributed by atoms with Crippen molar-refractivity contribution in [1.82, 2.24) is 9.97 Å². The van der Waals surface area contributed by atoms with Crippen LogP contribution in [0, 0.1) is 0 Å². The number of rotatable bonds is 6. The van der Waals surface area contributed by atoms with Gasteiger partial charge in [0, 0.05) is 12.5 Å². The number of aromatic amines is 2. The first-order valence-corrected chi connectivity index (χ1v) is 6.64. The van der Waals surface area contributed by atoms with E-state index in [4.69, 9.17) is 0 Å². The molecule has 0 saturated carbocycles. The van der Waals surface area contributed by atoms with Crippen molar-refractivity contribution >= 4 is 11.9 Å². The van der Waals surface area contributed by atoms with E-state index < -0.39 is 23.2 Å². The fraction of sp³-hybridized carbons (Fsp3) is 0.538. The Balaban J connectivity index is 2.53. The van der Waals surface area contributed by atoms with Crippen LogP contribution < -0.4 is 11.2 Å². The quantitative estimate of drug-likeness (QED) is 0.423. The summed E-state index contributed by atoms with van der Waals surface area (Å²) in [5.41, 5.74) is -1.91. The van der Waals surface area contributed by atoms with Gasteiger partial charge in [-0.05, 0) is 6.92 Å². The highest BCUT2D eigenvalue weighted by atomic mass is 16.6. The zero-order valence-corrected chi connectivity index (χ0v) is 12.4. The van der Waals surface area contributed by atoms with Gasteiger partial charge in [0.15, 0.2) is 0 Å². The molecule has 0 radical (unpaired) electrons. The molecule has 1 aromatic heterocycles. The molecule has 8 nitrogen and oxygen atoms in total. The second-order valence-corrected chi connectivity index (χ2v) is 5.34. The molecule has 0 aliphatic heterocycles. The summed E-state index contributed by atoms with van der Waals surface area (Å²) in [6.07, 6.45) is 0.680. The lowest BCUT2D eigenvalue weighted by Gasteiger charge is -2.27. The van der Waals surface area contributed by atoms with Crippen molar-refractivity contribution in [2.75, 3.05) is 27.2 Å². The van der Waals surface area contributed by atoms with Crippen molar-refractivity contribution in [3.05, 3.63) is 32.6 Å². The van der Waals surface area contributed by atoms with Crippen LogP contribution in [0.25, 0.3) is 0 Å². The van der Waals surface area contributed by atoms with Crippen LogP contribution in [0.3, 0.4) is 0 Å². The van der Waals surface area contributed by atoms with Gasteiger partial charge in [0.2, 0.25) is 0 Å². The Morgan fingerprint density at radius 3 is 2.48 bits per heavy atom. The highest BCUT2D eigenvalue weighted by molar-refractivity contribution is 5.95. The smallest absolute Gasteiger partial charge is 0.362 e. The number of carbonyl (C=O) groups is 2. The number of nitrogens with one attached hydrogen (secondary N) is 2. The first kappa shape index (κ1) is 16.8. The Labute approximate surface area is 121 Å². The third-order valence-electron chi connectivity index (χ3n) is 3.19. The van der Waals surface area contributed by atoms with E-state index in [-0.39, 0.29) is 12.1 Å². The van der Waals surface area contributed by atoms with Crippen molar-refractivity contribution < 1.29 is 18.8 Å². The van der Waals surface area contributed by atoms with Crippen LogP contribution >= 0.6 is 0 Å². The molecule has 0 saturated heterocycles. The van der Waals surface area contributed by atoms with Crippen molar-refractivity contribution in [1.29, 1.82) is 0 Å². The largest absolute Gasteiger partial charge is 0.388 e. The summed E-state index contributed by atoms with van der Waals surface area (Å²) in [5, 5.41) is 0. The molecule has 21 heavy (non-hydrogen) atoms. The molecule has 0 atom stereocenters. The van der Waals surface area contributed by atoms with Gasteiger partial charge in [0.25, 0.3) is 5.56 Å². The van der Waals surface area contributed by atoms with Crippen LogP contribution in [0.5, 0.6) is 0 Å². The first-order valence-electron chi connectivity index (χ1n) is 6.64. The van der Waals surface area contributed by atoms with Gasteiger partial charge in [-0.3, -0.25) is 14.6 Å². The van der Waals surface area contributed by atoms with Gasteiger partial charge in [-0.2, -0.15) is 0 Å². The predicted molar refractivity (Wildman–Crippen MR) is 74.9 cm³/mol. The van der Waals surface area contributed by atoms with Crippen LogP contribution in [0.2, 0.25) is 0 Å². The van der Waals surface area contributed by atoms with Gasteiger partial charge in [-0.25, -0.2) is 9.59 Å². The maximum absolute atomic E-state index is 11.6. The number of hydrogen-bond acceptors (Lipinski definition) is 5. The van der Waals surface area contributed by atoms with E-state index in [0.717, 1.165) is 23.6 Å². The fourth-order valence-electron chi connectivity index (χ4n) is 1.60. The van der Waals surface area contributed by atoms with Crippen LogP contribution in [-0.2, 0) is 9.53 Å².